The zero-order valence-corrected chi connectivity index (χ0v) is 11.5. The molecule has 0 aromatic rings. The van der Waals surface area contributed by atoms with Crippen molar-refractivity contribution in [1.29, 1.82) is 0 Å². The third-order valence-electron chi connectivity index (χ3n) is 3.51. The van der Waals surface area contributed by atoms with Crippen molar-refractivity contribution in [3.05, 3.63) is 0 Å². The Kier molecular flexibility index (Phi) is 5.76. The predicted octanol–water partition coefficient (Wildman–Crippen LogP) is 1.29. The average Bonchev–Trinajstić information content (AvgIpc) is 2.26. The molecule has 0 atom stereocenters. The second-order valence-corrected chi connectivity index (χ2v) is 6.05. The molecule has 17 heavy (non-hydrogen) atoms. The summed E-state index contributed by atoms with van der Waals surface area (Å²) in [5.41, 5.74) is -0.681. The normalized spacial score (nSPS) is 29.5. The van der Waals surface area contributed by atoms with Crippen LogP contribution in [-0.4, -0.2) is 58.8 Å². The highest BCUT2D eigenvalue weighted by Gasteiger charge is 2.36. The summed E-state index contributed by atoms with van der Waals surface area (Å²) in [4.78, 5) is 13.0. The molecular formula is C12H23NO3S. The molecular weight excluding hydrogens is 238 g/mol. The summed E-state index contributed by atoms with van der Waals surface area (Å²) in [6, 6.07) is 0. The lowest BCUT2D eigenvalue weighted by molar-refractivity contribution is -0.145. The van der Waals surface area contributed by atoms with Crippen molar-refractivity contribution in [2.45, 2.75) is 31.3 Å². The van der Waals surface area contributed by atoms with Gasteiger partial charge in [-0.2, -0.15) is 11.8 Å². The van der Waals surface area contributed by atoms with Gasteiger partial charge in [-0.1, -0.05) is 0 Å². The van der Waals surface area contributed by atoms with Crippen LogP contribution in [0, 0.1) is 5.92 Å². The molecule has 0 aromatic heterocycles. The Morgan fingerprint density at radius 3 is 2.53 bits per heavy atom. The molecule has 5 heteroatoms. The van der Waals surface area contributed by atoms with Crippen LogP contribution in [0.15, 0.2) is 0 Å². The number of carbonyl (C=O) groups is 1. The number of hydrogen-bond donors (Lipinski definition) is 2. The van der Waals surface area contributed by atoms with Gasteiger partial charge in [-0.25, -0.2) is 0 Å². The predicted molar refractivity (Wildman–Crippen MR) is 70.4 cm³/mol. The van der Waals surface area contributed by atoms with Gasteiger partial charge in [-0.15, -0.1) is 0 Å². The number of aliphatic hydroxyl groups is 1. The Morgan fingerprint density at radius 2 is 2.06 bits per heavy atom. The van der Waals surface area contributed by atoms with E-state index in [9.17, 15) is 9.90 Å². The van der Waals surface area contributed by atoms with E-state index in [0.29, 0.717) is 32.2 Å². The summed E-state index contributed by atoms with van der Waals surface area (Å²) < 4.78 is 0. The van der Waals surface area contributed by atoms with Crippen LogP contribution in [0.1, 0.15) is 25.7 Å². The summed E-state index contributed by atoms with van der Waals surface area (Å²) >= 11 is 1.79. The number of rotatable bonds is 6. The zero-order chi connectivity index (χ0) is 12.9. The van der Waals surface area contributed by atoms with E-state index in [-0.39, 0.29) is 5.92 Å². The average molecular weight is 261 g/mol. The van der Waals surface area contributed by atoms with Gasteiger partial charge in [-0.3, -0.25) is 4.79 Å². The van der Waals surface area contributed by atoms with Gasteiger partial charge in [0.2, 0.25) is 0 Å². The monoisotopic (exact) mass is 261 g/mol. The fourth-order valence-electron chi connectivity index (χ4n) is 2.39. The summed E-state index contributed by atoms with van der Waals surface area (Å²) in [6.45, 7) is 1.62. The first-order chi connectivity index (χ1) is 7.97. The van der Waals surface area contributed by atoms with E-state index in [0.717, 1.165) is 12.3 Å². The van der Waals surface area contributed by atoms with Gasteiger partial charge >= 0.3 is 5.97 Å². The number of hydrogen-bond acceptors (Lipinski definition) is 4. The minimum atomic E-state index is -0.720. The van der Waals surface area contributed by atoms with Crippen LogP contribution >= 0.6 is 11.8 Å². The molecule has 0 aromatic carbocycles. The SMILES string of the molecule is CSCCN(C)CC1(O)CCC(C(=O)O)CC1. The van der Waals surface area contributed by atoms with Crippen molar-refractivity contribution in [2.75, 3.05) is 32.1 Å². The molecule has 2 N–H and O–H groups in total. The highest BCUT2D eigenvalue weighted by atomic mass is 32.2. The number of carboxylic acid groups (broad SMARTS) is 1. The van der Waals surface area contributed by atoms with Crippen molar-refractivity contribution < 1.29 is 15.0 Å². The van der Waals surface area contributed by atoms with E-state index in [1.807, 2.05) is 7.05 Å². The van der Waals surface area contributed by atoms with Crippen LogP contribution in [0.5, 0.6) is 0 Å². The number of nitrogens with zero attached hydrogens (tertiary/aromatic N) is 1. The van der Waals surface area contributed by atoms with E-state index < -0.39 is 11.6 Å². The van der Waals surface area contributed by atoms with Crippen LogP contribution in [0.25, 0.3) is 0 Å². The summed E-state index contributed by atoms with van der Waals surface area (Å²) in [6.07, 6.45) is 4.48. The molecule has 0 spiro atoms. The third-order valence-corrected chi connectivity index (χ3v) is 4.10. The molecule has 1 aliphatic carbocycles. The lowest BCUT2D eigenvalue weighted by Gasteiger charge is -2.37. The molecule has 1 aliphatic rings. The van der Waals surface area contributed by atoms with Crippen LogP contribution < -0.4 is 0 Å². The molecule has 1 saturated carbocycles. The summed E-state index contributed by atoms with van der Waals surface area (Å²) in [5, 5.41) is 19.3. The lowest BCUT2D eigenvalue weighted by atomic mass is 9.78. The first kappa shape index (κ1) is 14.8. The Bertz CT molecular complexity index is 252. The van der Waals surface area contributed by atoms with Crippen LogP contribution in [0.3, 0.4) is 0 Å². The van der Waals surface area contributed by atoms with Gasteiger partial charge in [0.05, 0.1) is 11.5 Å². The van der Waals surface area contributed by atoms with Gasteiger partial charge in [0.25, 0.3) is 0 Å². The van der Waals surface area contributed by atoms with E-state index >= 15 is 0 Å². The Balaban J connectivity index is 2.36. The standard InChI is InChI=1S/C12H23NO3S/c1-13(7-8-17-2)9-12(16)5-3-10(4-6-12)11(14)15/h10,16H,3-9H2,1-2H3,(H,14,15). The number of aliphatic carboxylic acids is 1. The topological polar surface area (TPSA) is 60.8 Å². The van der Waals surface area contributed by atoms with Crippen molar-refractivity contribution in [1.82, 2.24) is 4.90 Å². The van der Waals surface area contributed by atoms with Crippen molar-refractivity contribution >= 4 is 17.7 Å². The Morgan fingerprint density at radius 1 is 1.47 bits per heavy atom. The molecule has 100 valence electrons. The van der Waals surface area contributed by atoms with Crippen molar-refractivity contribution in [2.24, 2.45) is 5.92 Å². The van der Waals surface area contributed by atoms with Gasteiger partial charge in [0.1, 0.15) is 0 Å². The minimum Gasteiger partial charge on any atom is -0.481 e. The fraction of sp³-hybridized carbons (Fsp3) is 0.917. The van der Waals surface area contributed by atoms with Crippen LogP contribution in [0.4, 0.5) is 0 Å². The third kappa shape index (κ3) is 4.85. The quantitative estimate of drug-likeness (QED) is 0.754. The highest BCUT2D eigenvalue weighted by molar-refractivity contribution is 7.98. The zero-order valence-electron chi connectivity index (χ0n) is 10.7. The number of likely N-dealkylation sites (N-methyl/N-ethyl adjacent to an activating group) is 1. The second kappa shape index (κ2) is 6.61. The van der Waals surface area contributed by atoms with Crippen molar-refractivity contribution in [3.8, 4) is 0 Å². The first-order valence-corrected chi connectivity index (χ1v) is 7.49. The maximum absolute atomic E-state index is 10.8. The van der Waals surface area contributed by atoms with Crippen molar-refractivity contribution in [3.63, 3.8) is 0 Å². The van der Waals surface area contributed by atoms with Gasteiger partial charge in [0, 0.05) is 18.8 Å². The molecule has 0 aliphatic heterocycles. The Hall–Kier alpha value is -0.260. The molecule has 1 rings (SSSR count). The maximum atomic E-state index is 10.8. The van der Waals surface area contributed by atoms with E-state index in [4.69, 9.17) is 5.11 Å². The van der Waals surface area contributed by atoms with E-state index in [1.54, 1.807) is 11.8 Å². The van der Waals surface area contributed by atoms with Gasteiger partial charge in [0.15, 0.2) is 0 Å². The maximum Gasteiger partial charge on any atom is 0.306 e. The first-order valence-electron chi connectivity index (χ1n) is 6.09. The molecule has 4 nitrogen and oxygen atoms in total. The smallest absolute Gasteiger partial charge is 0.306 e. The molecule has 0 heterocycles. The van der Waals surface area contributed by atoms with Gasteiger partial charge < -0.3 is 15.1 Å². The molecule has 0 radical (unpaired) electrons. The highest BCUT2D eigenvalue weighted by Crippen LogP contribution is 2.32. The lowest BCUT2D eigenvalue weighted by Crippen LogP contribution is -2.45. The molecule has 0 saturated heterocycles. The molecule has 1 fully saturated rings. The summed E-state index contributed by atoms with van der Waals surface area (Å²) in [7, 11) is 2.01. The minimum absolute atomic E-state index is 0.258. The number of carboxylic acids is 1. The summed E-state index contributed by atoms with van der Waals surface area (Å²) in [5.74, 6) is 0.0826. The van der Waals surface area contributed by atoms with Crippen LogP contribution in [-0.2, 0) is 4.79 Å². The largest absolute Gasteiger partial charge is 0.481 e. The second-order valence-electron chi connectivity index (χ2n) is 5.07. The van der Waals surface area contributed by atoms with Gasteiger partial charge in [-0.05, 0) is 39.0 Å². The van der Waals surface area contributed by atoms with E-state index in [1.165, 1.54) is 0 Å². The number of thioether (sulfide) groups is 1. The Labute approximate surface area is 107 Å². The molecule has 0 amide bonds. The molecule has 0 unspecified atom stereocenters. The van der Waals surface area contributed by atoms with E-state index in [2.05, 4.69) is 11.2 Å². The molecule has 0 bridgehead atoms. The van der Waals surface area contributed by atoms with Crippen LogP contribution in [0.2, 0.25) is 0 Å². The fourth-order valence-corrected chi connectivity index (χ4v) is 2.88.